The van der Waals surface area contributed by atoms with Gasteiger partial charge in [-0.2, -0.15) is 0 Å². The number of benzene rings is 2. The zero-order valence-electron chi connectivity index (χ0n) is 11.6. The lowest BCUT2D eigenvalue weighted by Crippen LogP contribution is -2.86. The lowest BCUT2D eigenvalue weighted by Gasteiger charge is -2.11. The minimum absolute atomic E-state index is 0.0119. The Balaban J connectivity index is 1.87. The second-order valence-corrected chi connectivity index (χ2v) is 4.81. The molecule has 3 nitrogen and oxygen atoms in total. The first kappa shape index (κ1) is 15.1. The number of quaternary nitrogens is 1. The van der Waals surface area contributed by atoms with Gasteiger partial charge >= 0.3 is 0 Å². The Bertz CT molecular complexity index is 617. The molecule has 0 saturated carbocycles. The van der Waals surface area contributed by atoms with Crippen molar-refractivity contribution in [3.8, 4) is 0 Å². The van der Waals surface area contributed by atoms with Crippen LogP contribution in [0.25, 0.3) is 0 Å². The van der Waals surface area contributed by atoms with Crippen LogP contribution in [-0.4, -0.2) is 12.5 Å². The van der Waals surface area contributed by atoms with Gasteiger partial charge in [-0.15, -0.1) is 0 Å². The summed E-state index contributed by atoms with van der Waals surface area (Å²) in [5, 5.41) is 4.29. The highest BCUT2D eigenvalue weighted by molar-refractivity contribution is 5.91. The SMILES string of the molecule is C[C@H]([NH2+]CC(=O)Nc1ccc(F)cc1F)c1ccccc1. The molecule has 1 amide bonds. The summed E-state index contributed by atoms with van der Waals surface area (Å²) in [6, 6.07) is 13.0. The van der Waals surface area contributed by atoms with Gasteiger partial charge in [-0.1, -0.05) is 30.3 Å². The molecule has 0 aliphatic carbocycles. The van der Waals surface area contributed by atoms with Crippen molar-refractivity contribution in [3.63, 3.8) is 0 Å². The molecule has 0 heterocycles. The van der Waals surface area contributed by atoms with Crippen LogP contribution in [0.3, 0.4) is 0 Å². The van der Waals surface area contributed by atoms with E-state index in [1.807, 2.05) is 42.6 Å². The number of amides is 1. The molecule has 3 N–H and O–H groups in total. The van der Waals surface area contributed by atoms with Crippen LogP contribution in [0.1, 0.15) is 18.5 Å². The van der Waals surface area contributed by atoms with E-state index in [0.717, 1.165) is 17.7 Å². The number of anilines is 1. The van der Waals surface area contributed by atoms with Gasteiger partial charge in [0, 0.05) is 11.6 Å². The summed E-state index contributed by atoms with van der Waals surface area (Å²) < 4.78 is 26.2. The maximum atomic E-state index is 13.4. The lowest BCUT2D eigenvalue weighted by molar-refractivity contribution is -0.682. The fraction of sp³-hybridized carbons (Fsp3) is 0.188. The minimum Gasteiger partial charge on any atom is -0.333 e. The van der Waals surface area contributed by atoms with Gasteiger partial charge in [0.05, 0.1) is 5.69 Å². The van der Waals surface area contributed by atoms with Crippen molar-refractivity contribution < 1.29 is 18.9 Å². The quantitative estimate of drug-likeness (QED) is 0.872. The summed E-state index contributed by atoms with van der Waals surface area (Å²) in [5.41, 5.74) is 1.10. The van der Waals surface area contributed by atoms with Crippen LogP contribution in [-0.2, 0) is 4.79 Å². The molecule has 0 fully saturated rings. The molecule has 0 saturated heterocycles. The van der Waals surface area contributed by atoms with Gasteiger partial charge in [-0.05, 0) is 19.1 Å². The van der Waals surface area contributed by atoms with E-state index < -0.39 is 11.6 Å². The van der Waals surface area contributed by atoms with E-state index in [0.29, 0.717) is 0 Å². The van der Waals surface area contributed by atoms with Crippen molar-refractivity contribution in [2.75, 3.05) is 11.9 Å². The Labute approximate surface area is 122 Å². The maximum absolute atomic E-state index is 13.4. The Morgan fingerprint density at radius 2 is 1.90 bits per heavy atom. The van der Waals surface area contributed by atoms with Crippen LogP contribution in [0.15, 0.2) is 48.5 Å². The van der Waals surface area contributed by atoms with Crippen LogP contribution in [0.5, 0.6) is 0 Å². The first-order chi connectivity index (χ1) is 10.1. The van der Waals surface area contributed by atoms with E-state index in [9.17, 15) is 13.6 Å². The van der Waals surface area contributed by atoms with Crippen molar-refractivity contribution in [3.05, 3.63) is 65.7 Å². The largest absolute Gasteiger partial charge is 0.333 e. The van der Waals surface area contributed by atoms with E-state index in [2.05, 4.69) is 5.32 Å². The Kier molecular flexibility index (Phi) is 5.00. The summed E-state index contributed by atoms with van der Waals surface area (Å²) in [5.74, 6) is -1.78. The number of carbonyl (C=O) groups is 1. The molecule has 0 bridgehead atoms. The molecule has 2 aromatic rings. The Hall–Kier alpha value is -2.27. The number of nitrogens with two attached hydrogens (primary N) is 1. The predicted octanol–water partition coefficient (Wildman–Crippen LogP) is 2.23. The summed E-state index contributed by atoms with van der Waals surface area (Å²) >= 11 is 0. The van der Waals surface area contributed by atoms with Crippen molar-refractivity contribution in [1.82, 2.24) is 0 Å². The third-order valence-electron chi connectivity index (χ3n) is 3.19. The first-order valence-electron chi connectivity index (χ1n) is 6.69. The van der Waals surface area contributed by atoms with Gasteiger partial charge in [0.25, 0.3) is 5.91 Å². The van der Waals surface area contributed by atoms with Crippen molar-refractivity contribution in [2.45, 2.75) is 13.0 Å². The third-order valence-corrected chi connectivity index (χ3v) is 3.19. The van der Waals surface area contributed by atoms with Crippen LogP contribution >= 0.6 is 0 Å². The van der Waals surface area contributed by atoms with Gasteiger partial charge in [0.1, 0.15) is 17.7 Å². The lowest BCUT2D eigenvalue weighted by atomic mass is 10.1. The van der Waals surface area contributed by atoms with Gasteiger partial charge in [0.15, 0.2) is 6.54 Å². The molecule has 0 aliphatic rings. The number of nitrogens with one attached hydrogen (secondary N) is 1. The number of hydrogen-bond acceptors (Lipinski definition) is 1. The zero-order chi connectivity index (χ0) is 15.2. The van der Waals surface area contributed by atoms with Crippen LogP contribution < -0.4 is 10.6 Å². The standard InChI is InChI=1S/C16H16F2N2O/c1-11(12-5-3-2-4-6-12)19-10-16(21)20-15-8-7-13(17)9-14(15)18/h2-9,11,19H,10H2,1H3,(H,20,21)/p+1/t11-/m0/s1. The van der Waals surface area contributed by atoms with Gasteiger partial charge < -0.3 is 10.6 Å². The van der Waals surface area contributed by atoms with Crippen LogP contribution in [0.4, 0.5) is 14.5 Å². The molecule has 0 radical (unpaired) electrons. The zero-order valence-corrected chi connectivity index (χ0v) is 11.6. The highest BCUT2D eigenvalue weighted by Gasteiger charge is 2.13. The molecular weight excluding hydrogens is 274 g/mol. The molecule has 2 aromatic carbocycles. The van der Waals surface area contributed by atoms with Gasteiger partial charge in [-0.3, -0.25) is 4.79 Å². The second-order valence-electron chi connectivity index (χ2n) is 4.81. The summed E-state index contributed by atoms with van der Waals surface area (Å²) in [6.07, 6.45) is 0. The highest BCUT2D eigenvalue weighted by Crippen LogP contribution is 2.14. The molecule has 110 valence electrons. The fourth-order valence-electron chi connectivity index (χ4n) is 1.97. The summed E-state index contributed by atoms with van der Waals surface area (Å²) in [7, 11) is 0. The first-order valence-corrected chi connectivity index (χ1v) is 6.69. The molecule has 5 heteroatoms. The van der Waals surface area contributed by atoms with Crippen molar-refractivity contribution in [1.29, 1.82) is 0 Å². The van der Waals surface area contributed by atoms with E-state index in [-0.39, 0.29) is 24.2 Å². The average molecular weight is 291 g/mol. The van der Waals surface area contributed by atoms with E-state index in [1.54, 1.807) is 0 Å². The topological polar surface area (TPSA) is 45.7 Å². The fourth-order valence-corrected chi connectivity index (χ4v) is 1.97. The maximum Gasteiger partial charge on any atom is 0.279 e. The third kappa shape index (κ3) is 4.36. The van der Waals surface area contributed by atoms with Crippen LogP contribution in [0, 0.1) is 11.6 Å². The van der Waals surface area contributed by atoms with Crippen molar-refractivity contribution in [2.24, 2.45) is 0 Å². The Morgan fingerprint density at radius 1 is 1.19 bits per heavy atom. The summed E-state index contributed by atoms with van der Waals surface area (Å²) in [6.45, 7) is 2.15. The number of halogens is 2. The smallest absolute Gasteiger partial charge is 0.279 e. The van der Waals surface area contributed by atoms with E-state index in [4.69, 9.17) is 0 Å². The van der Waals surface area contributed by atoms with E-state index >= 15 is 0 Å². The minimum atomic E-state index is -0.778. The monoisotopic (exact) mass is 291 g/mol. The molecule has 0 spiro atoms. The molecule has 0 aromatic heterocycles. The second kappa shape index (κ2) is 6.95. The van der Waals surface area contributed by atoms with Crippen molar-refractivity contribution >= 4 is 11.6 Å². The molecule has 21 heavy (non-hydrogen) atoms. The summed E-state index contributed by atoms with van der Waals surface area (Å²) in [4.78, 5) is 11.8. The van der Waals surface area contributed by atoms with Gasteiger partial charge in [-0.25, -0.2) is 8.78 Å². The number of carbonyl (C=O) groups excluding carboxylic acids is 1. The predicted molar refractivity (Wildman–Crippen MR) is 76.6 cm³/mol. The van der Waals surface area contributed by atoms with Crippen LogP contribution in [0.2, 0.25) is 0 Å². The van der Waals surface area contributed by atoms with Gasteiger partial charge in [0.2, 0.25) is 0 Å². The Morgan fingerprint density at radius 3 is 2.57 bits per heavy atom. The molecule has 1 atom stereocenters. The molecule has 0 aliphatic heterocycles. The average Bonchev–Trinajstić information content (AvgIpc) is 2.48. The highest BCUT2D eigenvalue weighted by atomic mass is 19.1. The molecular formula is C16H17F2N2O+. The molecule has 0 unspecified atom stereocenters. The normalized spacial score (nSPS) is 12.0. The number of hydrogen-bond donors (Lipinski definition) is 2. The van der Waals surface area contributed by atoms with E-state index in [1.165, 1.54) is 6.07 Å². The molecule has 2 rings (SSSR count). The number of rotatable bonds is 5.